The van der Waals surface area contributed by atoms with Crippen molar-refractivity contribution in [2.75, 3.05) is 11.8 Å². The predicted octanol–water partition coefficient (Wildman–Crippen LogP) is 3.33. The number of amides is 1. The van der Waals surface area contributed by atoms with Gasteiger partial charge in [0.15, 0.2) is 0 Å². The van der Waals surface area contributed by atoms with E-state index in [4.69, 9.17) is 4.42 Å². The Morgan fingerprint density at radius 3 is 2.66 bits per heavy atom. The summed E-state index contributed by atoms with van der Waals surface area (Å²) in [6, 6.07) is 12.6. The molecule has 0 spiro atoms. The van der Waals surface area contributed by atoms with Crippen molar-refractivity contribution in [3.8, 4) is 0 Å². The van der Waals surface area contributed by atoms with Crippen molar-refractivity contribution in [2.24, 2.45) is 0 Å². The smallest absolute Gasteiger partial charge is 0.262 e. The van der Waals surface area contributed by atoms with E-state index in [2.05, 4.69) is 9.71 Å². The fourth-order valence-electron chi connectivity index (χ4n) is 3.19. The summed E-state index contributed by atoms with van der Waals surface area (Å²) in [4.78, 5) is 29.7. The molecule has 0 unspecified atom stereocenters. The fourth-order valence-corrected chi connectivity index (χ4v) is 4.28. The number of hydrogen-bond donors (Lipinski definition) is 2. The minimum absolute atomic E-state index is 0.0126. The molecule has 164 valence electrons. The first-order valence-electron chi connectivity index (χ1n) is 9.47. The first-order valence-corrected chi connectivity index (χ1v) is 11.0. The van der Waals surface area contributed by atoms with E-state index < -0.39 is 27.2 Å². The van der Waals surface area contributed by atoms with Crippen LogP contribution in [0.25, 0.3) is 10.9 Å². The molecule has 0 radical (unpaired) electrons. The number of anilines is 1. The predicted molar refractivity (Wildman–Crippen MR) is 116 cm³/mol. The van der Waals surface area contributed by atoms with Crippen LogP contribution >= 0.6 is 0 Å². The van der Waals surface area contributed by atoms with Crippen LogP contribution in [-0.4, -0.2) is 31.3 Å². The number of carbonyl (C=O) groups excluding carboxylic acids is 1. The van der Waals surface area contributed by atoms with E-state index in [0.29, 0.717) is 11.3 Å². The Morgan fingerprint density at radius 1 is 1.16 bits per heavy atom. The molecule has 2 aromatic carbocycles. The summed E-state index contributed by atoms with van der Waals surface area (Å²) < 4.78 is 46.7. The highest BCUT2D eigenvalue weighted by Gasteiger charge is 2.21. The molecule has 0 aliphatic rings. The Kier molecular flexibility index (Phi) is 5.54. The number of carbonyl (C=O) groups is 1. The number of para-hydroxylation sites is 1. The Bertz CT molecular complexity index is 1460. The van der Waals surface area contributed by atoms with Gasteiger partial charge < -0.3 is 14.3 Å². The van der Waals surface area contributed by atoms with Crippen molar-refractivity contribution < 1.29 is 22.0 Å². The molecule has 2 heterocycles. The van der Waals surface area contributed by atoms with E-state index in [1.54, 1.807) is 12.1 Å². The SMILES string of the molecule is CN(Cc1ccco1)C(=O)c1c[nH]c2ccc(S(=O)(=O)Nc3ccccc3F)cc2c1=O. The highest BCUT2D eigenvalue weighted by Crippen LogP contribution is 2.21. The number of furan rings is 1. The van der Waals surface area contributed by atoms with Gasteiger partial charge in [-0.2, -0.15) is 0 Å². The first kappa shape index (κ1) is 21.3. The van der Waals surface area contributed by atoms with E-state index in [1.807, 2.05) is 0 Å². The van der Waals surface area contributed by atoms with E-state index in [9.17, 15) is 22.4 Å². The quantitative estimate of drug-likeness (QED) is 0.463. The molecule has 1 amide bonds. The van der Waals surface area contributed by atoms with Crippen LogP contribution in [0, 0.1) is 5.82 Å². The van der Waals surface area contributed by atoms with Crippen LogP contribution in [0.4, 0.5) is 10.1 Å². The van der Waals surface area contributed by atoms with Gasteiger partial charge in [0.05, 0.1) is 23.4 Å². The average molecular weight is 455 g/mol. The number of sulfonamides is 1. The van der Waals surface area contributed by atoms with Crippen molar-refractivity contribution in [3.63, 3.8) is 0 Å². The number of hydrogen-bond acceptors (Lipinski definition) is 5. The number of nitrogens with one attached hydrogen (secondary N) is 2. The zero-order chi connectivity index (χ0) is 22.9. The zero-order valence-corrected chi connectivity index (χ0v) is 17.6. The number of H-pyrrole nitrogens is 1. The summed E-state index contributed by atoms with van der Waals surface area (Å²) >= 11 is 0. The number of pyridine rings is 1. The van der Waals surface area contributed by atoms with Crippen molar-refractivity contribution >= 4 is 32.5 Å². The number of benzene rings is 2. The summed E-state index contributed by atoms with van der Waals surface area (Å²) in [5.74, 6) is -0.741. The number of nitrogens with zero attached hydrogens (tertiary/aromatic N) is 1. The van der Waals surface area contributed by atoms with Crippen LogP contribution in [0.1, 0.15) is 16.1 Å². The molecule has 10 heteroatoms. The fraction of sp³-hybridized carbons (Fsp3) is 0.0909. The summed E-state index contributed by atoms with van der Waals surface area (Å²) in [5, 5.41) is 0.0126. The van der Waals surface area contributed by atoms with Crippen LogP contribution in [0.2, 0.25) is 0 Å². The van der Waals surface area contributed by atoms with Gasteiger partial charge in [0.1, 0.15) is 17.1 Å². The first-order chi connectivity index (χ1) is 15.3. The molecular weight excluding hydrogens is 437 g/mol. The van der Waals surface area contributed by atoms with E-state index in [1.165, 1.54) is 54.7 Å². The van der Waals surface area contributed by atoms with Crippen LogP contribution in [0.3, 0.4) is 0 Å². The molecule has 0 atom stereocenters. The second-order valence-electron chi connectivity index (χ2n) is 7.06. The molecule has 8 nitrogen and oxygen atoms in total. The van der Waals surface area contributed by atoms with Crippen molar-refractivity contribution in [1.82, 2.24) is 9.88 Å². The minimum Gasteiger partial charge on any atom is -0.467 e. The van der Waals surface area contributed by atoms with Gasteiger partial charge in [-0.25, -0.2) is 12.8 Å². The van der Waals surface area contributed by atoms with Gasteiger partial charge in [-0.05, 0) is 42.5 Å². The Morgan fingerprint density at radius 2 is 1.94 bits per heavy atom. The third kappa shape index (κ3) is 4.12. The number of aromatic amines is 1. The van der Waals surface area contributed by atoms with Crippen LogP contribution in [0.5, 0.6) is 0 Å². The highest BCUT2D eigenvalue weighted by atomic mass is 32.2. The zero-order valence-electron chi connectivity index (χ0n) is 16.8. The van der Waals surface area contributed by atoms with Crippen LogP contribution in [-0.2, 0) is 16.6 Å². The average Bonchev–Trinajstić information content (AvgIpc) is 3.28. The maximum absolute atomic E-state index is 13.9. The Labute approximate surface area is 182 Å². The summed E-state index contributed by atoms with van der Waals surface area (Å²) in [6.07, 6.45) is 2.77. The molecular formula is C22H18FN3O5S. The third-order valence-electron chi connectivity index (χ3n) is 4.83. The number of aromatic nitrogens is 1. The Balaban J connectivity index is 1.69. The summed E-state index contributed by atoms with van der Waals surface area (Å²) in [5.41, 5.74) is -0.642. The van der Waals surface area contributed by atoms with Gasteiger partial charge in [0.2, 0.25) is 5.43 Å². The van der Waals surface area contributed by atoms with Gasteiger partial charge in [0, 0.05) is 24.1 Å². The molecule has 2 N–H and O–H groups in total. The normalized spacial score (nSPS) is 11.4. The molecule has 0 aliphatic heterocycles. The third-order valence-corrected chi connectivity index (χ3v) is 6.19. The van der Waals surface area contributed by atoms with Crippen molar-refractivity contribution in [1.29, 1.82) is 0 Å². The Hall–Kier alpha value is -3.92. The van der Waals surface area contributed by atoms with E-state index in [-0.39, 0.29) is 28.1 Å². The molecule has 2 aromatic heterocycles. The lowest BCUT2D eigenvalue weighted by atomic mass is 10.1. The maximum Gasteiger partial charge on any atom is 0.262 e. The van der Waals surface area contributed by atoms with Gasteiger partial charge in [-0.15, -0.1) is 0 Å². The summed E-state index contributed by atoms with van der Waals surface area (Å²) in [6.45, 7) is 0.157. The molecule has 32 heavy (non-hydrogen) atoms. The highest BCUT2D eigenvalue weighted by molar-refractivity contribution is 7.92. The number of halogens is 1. The topological polar surface area (TPSA) is 112 Å². The standard InChI is InChI=1S/C22H18FN3O5S/c1-26(13-14-5-4-10-31-14)22(28)17-12-24-19-9-8-15(11-16(19)21(17)27)32(29,30)25-20-7-3-2-6-18(20)23/h2-12,25H,13H2,1H3,(H,24,27). The minimum atomic E-state index is -4.18. The van der Waals surface area contributed by atoms with Gasteiger partial charge in [-0.1, -0.05) is 12.1 Å². The van der Waals surface area contributed by atoms with Gasteiger partial charge in [0.25, 0.3) is 15.9 Å². The van der Waals surface area contributed by atoms with E-state index in [0.717, 1.165) is 12.1 Å². The number of rotatable bonds is 6. The van der Waals surface area contributed by atoms with Gasteiger partial charge in [-0.3, -0.25) is 14.3 Å². The molecule has 0 saturated carbocycles. The second-order valence-corrected chi connectivity index (χ2v) is 8.75. The largest absolute Gasteiger partial charge is 0.467 e. The molecule has 0 fully saturated rings. The van der Waals surface area contributed by atoms with Gasteiger partial charge >= 0.3 is 0 Å². The molecule has 0 bridgehead atoms. The molecule has 4 aromatic rings. The van der Waals surface area contributed by atoms with Crippen molar-refractivity contribution in [2.45, 2.75) is 11.4 Å². The second kappa shape index (κ2) is 8.31. The lowest BCUT2D eigenvalue weighted by Crippen LogP contribution is -2.30. The van der Waals surface area contributed by atoms with Crippen LogP contribution in [0.15, 0.2) is 81.2 Å². The molecule has 0 saturated heterocycles. The number of fused-ring (bicyclic) bond motifs is 1. The molecule has 4 rings (SSSR count). The van der Waals surface area contributed by atoms with E-state index >= 15 is 0 Å². The van der Waals surface area contributed by atoms with Crippen LogP contribution < -0.4 is 10.2 Å². The lowest BCUT2D eigenvalue weighted by Gasteiger charge is -2.15. The summed E-state index contributed by atoms with van der Waals surface area (Å²) in [7, 11) is -2.66. The maximum atomic E-state index is 13.9. The lowest BCUT2D eigenvalue weighted by molar-refractivity contribution is 0.0774. The van der Waals surface area contributed by atoms with Crippen molar-refractivity contribution in [3.05, 3.63) is 94.4 Å². The monoisotopic (exact) mass is 455 g/mol. The molecule has 0 aliphatic carbocycles.